The van der Waals surface area contributed by atoms with Crippen LogP contribution in [0.2, 0.25) is 0 Å². The van der Waals surface area contributed by atoms with Gasteiger partial charge in [0.25, 0.3) is 5.91 Å². The van der Waals surface area contributed by atoms with Crippen LogP contribution in [0.15, 0.2) is 23.0 Å². The highest BCUT2D eigenvalue weighted by Crippen LogP contribution is 1.99. The van der Waals surface area contributed by atoms with Gasteiger partial charge in [0.15, 0.2) is 0 Å². The minimum atomic E-state index is -0.362. The summed E-state index contributed by atoms with van der Waals surface area (Å²) in [6.07, 6.45) is 0. The summed E-state index contributed by atoms with van der Waals surface area (Å²) < 4.78 is 0. The van der Waals surface area contributed by atoms with Gasteiger partial charge < -0.3 is 15.2 Å². The second kappa shape index (κ2) is 6.72. The summed E-state index contributed by atoms with van der Waals surface area (Å²) in [5.41, 5.74) is -0.153. The van der Waals surface area contributed by atoms with E-state index >= 15 is 0 Å². The van der Waals surface area contributed by atoms with Gasteiger partial charge in [0.1, 0.15) is 5.69 Å². The third-order valence-corrected chi connectivity index (χ3v) is 2.45. The van der Waals surface area contributed by atoms with Crippen LogP contribution in [0.1, 0.15) is 31.3 Å². The number of amides is 2. The number of H-pyrrole nitrogens is 1. The van der Waals surface area contributed by atoms with Crippen LogP contribution >= 0.6 is 0 Å². The second-order valence-corrected chi connectivity index (χ2v) is 4.47. The van der Waals surface area contributed by atoms with Crippen LogP contribution in [0.4, 0.5) is 0 Å². The van der Waals surface area contributed by atoms with Crippen LogP contribution in [0.3, 0.4) is 0 Å². The number of rotatable bonds is 5. The van der Waals surface area contributed by atoms with E-state index in [1.54, 1.807) is 6.92 Å². The Labute approximate surface area is 111 Å². The van der Waals surface area contributed by atoms with Gasteiger partial charge in [-0.2, -0.15) is 0 Å². The quantitative estimate of drug-likeness (QED) is 0.806. The van der Waals surface area contributed by atoms with Crippen molar-refractivity contribution in [2.24, 2.45) is 0 Å². The topological polar surface area (TPSA) is 82.3 Å². The molecule has 0 aromatic carbocycles. The number of carbonyl (C=O) groups excluding carboxylic acids is 2. The lowest BCUT2D eigenvalue weighted by atomic mass is 10.3. The molecule has 6 nitrogen and oxygen atoms in total. The summed E-state index contributed by atoms with van der Waals surface area (Å²) in [7, 11) is 0. The van der Waals surface area contributed by atoms with E-state index in [0.29, 0.717) is 6.54 Å². The summed E-state index contributed by atoms with van der Waals surface area (Å²) in [4.78, 5) is 38.8. The fourth-order valence-corrected chi connectivity index (χ4v) is 1.61. The predicted octanol–water partition coefficient (Wildman–Crippen LogP) is 0.362. The molecule has 2 N–H and O–H groups in total. The number of hydrogen-bond donors (Lipinski definition) is 2. The van der Waals surface area contributed by atoms with Gasteiger partial charge in [-0.25, -0.2) is 0 Å². The third-order valence-electron chi connectivity index (χ3n) is 2.45. The van der Waals surface area contributed by atoms with Gasteiger partial charge in [0.2, 0.25) is 11.5 Å². The molecule has 0 fully saturated rings. The summed E-state index contributed by atoms with van der Waals surface area (Å²) in [6.45, 7) is 5.85. The first-order valence-corrected chi connectivity index (χ1v) is 6.22. The first-order chi connectivity index (χ1) is 8.93. The average molecular weight is 265 g/mol. The van der Waals surface area contributed by atoms with Crippen LogP contribution in [0.25, 0.3) is 0 Å². The van der Waals surface area contributed by atoms with Gasteiger partial charge in [-0.15, -0.1) is 0 Å². The molecule has 0 unspecified atom stereocenters. The minimum Gasteiger partial charge on any atom is -0.352 e. The lowest BCUT2D eigenvalue weighted by molar-refractivity contribution is -0.122. The molecular weight excluding hydrogens is 246 g/mol. The normalized spacial score (nSPS) is 10.3. The van der Waals surface area contributed by atoms with Crippen LogP contribution in [0, 0.1) is 0 Å². The van der Waals surface area contributed by atoms with Crippen molar-refractivity contribution >= 4 is 11.8 Å². The van der Waals surface area contributed by atoms with E-state index in [-0.39, 0.29) is 35.7 Å². The second-order valence-electron chi connectivity index (χ2n) is 4.47. The molecule has 0 aliphatic rings. The first-order valence-electron chi connectivity index (χ1n) is 6.22. The third kappa shape index (κ3) is 4.57. The number of nitrogens with zero attached hydrogens (tertiary/aromatic N) is 1. The molecule has 1 heterocycles. The highest BCUT2D eigenvalue weighted by Gasteiger charge is 2.18. The molecule has 0 aliphatic heterocycles. The number of carbonyl (C=O) groups is 2. The maximum atomic E-state index is 12.1. The van der Waals surface area contributed by atoms with Crippen molar-refractivity contribution in [1.82, 2.24) is 15.2 Å². The molecule has 1 rings (SSSR count). The van der Waals surface area contributed by atoms with Gasteiger partial charge in [-0.05, 0) is 26.8 Å². The SMILES string of the molecule is CCN(CC(=O)NC(C)C)C(=O)c1cccc(=O)[nH]1. The number of likely N-dealkylation sites (N-methyl/N-ethyl adjacent to an activating group) is 1. The molecule has 104 valence electrons. The summed E-state index contributed by atoms with van der Waals surface area (Å²) in [6, 6.07) is 4.39. The molecule has 0 atom stereocenters. The highest BCUT2D eigenvalue weighted by molar-refractivity contribution is 5.94. The highest BCUT2D eigenvalue weighted by atomic mass is 16.2. The number of aromatic nitrogens is 1. The van der Waals surface area contributed by atoms with Crippen molar-refractivity contribution in [2.75, 3.05) is 13.1 Å². The van der Waals surface area contributed by atoms with E-state index in [4.69, 9.17) is 0 Å². The van der Waals surface area contributed by atoms with Gasteiger partial charge >= 0.3 is 0 Å². The Bertz CT molecular complexity index is 508. The Morgan fingerprint density at radius 3 is 2.58 bits per heavy atom. The molecule has 0 saturated heterocycles. The maximum Gasteiger partial charge on any atom is 0.270 e. The van der Waals surface area contributed by atoms with Gasteiger partial charge in [-0.3, -0.25) is 14.4 Å². The van der Waals surface area contributed by atoms with E-state index in [2.05, 4.69) is 10.3 Å². The number of aromatic amines is 1. The minimum absolute atomic E-state index is 0.0234. The largest absolute Gasteiger partial charge is 0.352 e. The van der Waals surface area contributed by atoms with Crippen molar-refractivity contribution in [3.8, 4) is 0 Å². The molecule has 0 saturated carbocycles. The average Bonchev–Trinajstić information content (AvgIpc) is 2.34. The molecule has 19 heavy (non-hydrogen) atoms. The lowest BCUT2D eigenvalue weighted by Gasteiger charge is -2.20. The van der Waals surface area contributed by atoms with Crippen molar-refractivity contribution < 1.29 is 9.59 Å². The van der Waals surface area contributed by atoms with E-state index in [0.717, 1.165) is 0 Å². The molecule has 6 heteroatoms. The zero-order valence-corrected chi connectivity index (χ0v) is 11.4. The van der Waals surface area contributed by atoms with Gasteiger partial charge in [0, 0.05) is 18.7 Å². The predicted molar refractivity (Wildman–Crippen MR) is 71.9 cm³/mol. The summed E-state index contributed by atoms with van der Waals surface area (Å²) in [5, 5.41) is 2.72. The molecule has 0 bridgehead atoms. The molecule has 2 amide bonds. The van der Waals surface area contributed by atoms with E-state index < -0.39 is 0 Å². The Hall–Kier alpha value is -2.11. The smallest absolute Gasteiger partial charge is 0.270 e. The Morgan fingerprint density at radius 2 is 2.05 bits per heavy atom. The number of hydrogen-bond acceptors (Lipinski definition) is 3. The number of pyridine rings is 1. The fraction of sp³-hybridized carbons (Fsp3) is 0.462. The summed E-state index contributed by atoms with van der Waals surface area (Å²) >= 11 is 0. The van der Waals surface area contributed by atoms with E-state index in [1.165, 1.54) is 23.1 Å². The van der Waals surface area contributed by atoms with Crippen LogP contribution < -0.4 is 10.9 Å². The van der Waals surface area contributed by atoms with E-state index in [1.807, 2.05) is 13.8 Å². The molecule has 0 aliphatic carbocycles. The molecule has 0 spiro atoms. The molecule has 1 aromatic rings. The Balaban J connectivity index is 2.77. The van der Waals surface area contributed by atoms with Gasteiger partial charge in [-0.1, -0.05) is 6.07 Å². The standard InChI is InChI=1S/C13H19N3O3/c1-4-16(8-12(18)14-9(2)3)13(19)10-6-5-7-11(17)15-10/h5-7,9H,4,8H2,1-3H3,(H,14,18)(H,15,17). The van der Waals surface area contributed by atoms with Crippen molar-refractivity contribution in [1.29, 1.82) is 0 Å². The Morgan fingerprint density at radius 1 is 1.37 bits per heavy atom. The monoisotopic (exact) mass is 265 g/mol. The van der Waals surface area contributed by atoms with Crippen LogP contribution in [-0.2, 0) is 4.79 Å². The first kappa shape index (κ1) is 14.9. The zero-order valence-electron chi connectivity index (χ0n) is 11.4. The Kier molecular flexibility index (Phi) is 5.29. The van der Waals surface area contributed by atoms with E-state index in [9.17, 15) is 14.4 Å². The maximum absolute atomic E-state index is 12.1. The van der Waals surface area contributed by atoms with Crippen LogP contribution in [-0.4, -0.2) is 40.8 Å². The molecular formula is C13H19N3O3. The van der Waals surface area contributed by atoms with Crippen molar-refractivity contribution in [2.45, 2.75) is 26.8 Å². The number of nitrogens with one attached hydrogen (secondary N) is 2. The molecule has 1 aromatic heterocycles. The summed E-state index contributed by atoms with van der Waals surface area (Å²) in [5.74, 6) is -0.581. The lowest BCUT2D eigenvalue weighted by Crippen LogP contribution is -2.43. The van der Waals surface area contributed by atoms with Crippen molar-refractivity contribution in [3.63, 3.8) is 0 Å². The molecule has 0 radical (unpaired) electrons. The van der Waals surface area contributed by atoms with Crippen molar-refractivity contribution in [3.05, 3.63) is 34.2 Å². The van der Waals surface area contributed by atoms with Crippen LogP contribution in [0.5, 0.6) is 0 Å². The van der Waals surface area contributed by atoms with Gasteiger partial charge in [0.05, 0.1) is 6.54 Å². The fourth-order valence-electron chi connectivity index (χ4n) is 1.61. The zero-order chi connectivity index (χ0) is 14.4.